The summed E-state index contributed by atoms with van der Waals surface area (Å²) in [5.74, 6) is -1.03. The molecule has 0 saturated heterocycles. The first kappa shape index (κ1) is 15.9. The van der Waals surface area contributed by atoms with Crippen molar-refractivity contribution in [1.29, 1.82) is 0 Å². The highest BCUT2D eigenvalue weighted by Crippen LogP contribution is 2.17. The van der Waals surface area contributed by atoms with E-state index < -0.39 is 17.7 Å². The maximum Gasteiger partial charge on any atom is 0.237 e. The second-order valence-corrected chi connectivity index (χ2v) is 5.68. The topological polar surface area (TPSA) is 41.1 Å². The molecule has 1 aliphatic rings. The van der Waals surface area contributed by atoms with E-state index in [9.17, 15) is 13.6 Å². The quantitative estimate of drug-likeness (QED) is 0.877. The third-order valence-corrected chi connectivity index (χ3v) is 3.95. The Bertz CT molecular complexity index is 487. The van der Waals surface area contributed by atoms with Crippen LogP contribution >= 0.6 is 0 Å². The fourth-order valence-electron chi connectivity index (χ4n) is 2.61. The number of nitrogens with one attached hydrogen (secondary N) is 2. The fraction of sp³-hybridized carbons (Fsp3) is 0.562. The second kappa shape index (κ2) is 7.50. The van der Waals surface area contributed by atoms with Crippen LogP contribution in [0.4, 0.5) is 8.78 Å². The van der Waals surface area contributed by atoms with Crippen LogP contribution in [0.3, 0.4) is 0 Å². The largest absolute Gasteiger partial charge is 0.352 e. The molecule has 0 heterocycles. The number of rotatable bonds is 5. The molecule has 1 aliphatic carbocycles. The van der Waals surface area contributed by atoms with Crippen molar-refractivity contribution in [1.82, 2.24) is 10.6 Å². The van der Waals surface area contributed by atoms with Gasteiger partial charge >= 0.3 is 0 Å². The normalized spacial score (nSPS) is 17.5. The predicted octanol–water partition coefficient (Wildman–Crippen LogP) is 2.89. The molecule has 2 rings (SSSR count). The number of amides is 1. The van der Waals surface area contributed by atoms with Gasteiger partial charge in [-0.25, -0.2) is 8.78 Å². The summed E-state index contributed by atoms with van der Waals surface area (Å²) in [7, 11) is 0. The van der Waals surface area contributed by atoms with Crippen LogP contribution in [0.25, 0.3) is 0 Å². The minimum absolute atomic E-state index is 0.0845. The van der Waals surface area contributed by atoms with Gasteiger partial charge in [-0.15, -0.1) is 0 Å². The van der Waals surface area contributed by atoms with Gasteiger partial charge in [0.25, 0.3) is 0 Å². The van der Waals surface area contributed by atoms with E-state index in [-0.39, 0.29) is 24.1 Å². The highest BCUT2D eigenvalue weighted by atomic mass is 19.1. The van der Waals surface area contributed by atoms with Gasteiger partial charge in [-0.3, -0.25) is 4.79 Å². The molecule has 1 unspecified atom stereocenters. The summed E-state index contributed by atoms with van der Waals surface area (Å²) in [6.45, 7) is 1.86. The molecule has 0 aromatic heterocycles. The van der Waals surface area contributed by atoms with Crippen LogP contribution < -0.4 is 10.6 Å². The molecule has 0 bridgehead atoms. The molecular formula is C16H22F2N2O. The standard InChI is InChI=1S/C16H22F2N2O/c1-11(16(21)20-14-5-3-2-4-6-14)19-10-12-9-13(17)7-8-15(12)18/h7-9,11,14,19H,2-6,10H2,1H3,(H,20,21). The monoisotopic (exact) mass is 296 g/mol. The molecule has 21 heavy (non-hydrogen) atoms. The van der Waals surface area contributed by atoms with E-state index in [1.165, 1.54) is 6.42 Å². The van der Waals surface area contributed by atoms with E-state index in [0.29, 0.717) is 0 Å². The smallest absolute Gasteiger partial charge is 0.237 e. The Kier molecular flexibility index (Phi) is 5.67. The minimum atomic E-state index is -0.479. The van der Waals surface area contributed by atoms with Crippen molar-refractivity contribution in [3.8, 4) is 0 Å². The Morgan fingerprint density at radius 2 is 2.00 bits per heavy atom. The first-order valence-electron chi connectivity index (χ1n) is 7.54. The van der Waals surface area contributed by atoms with Gasteiger partial charge < -0.3 is 10.6 Å². The van der Waals surface area contributed by atoms with Crippen LogP contribution in [0.2, 0.25) is 0 Å². The number of carbonyl (C=O) groups is 1. The molecule has 0 radical (unpaired) electrons. The van der Waals surface area contributed by atoms with E-state index in [2.05, 4.69) is 10.6 Å². The van der Waals surface area contributed by atoms with Gasteiger partial charge in [0.05, 0.1) is 6.04 Å². The molecule has 3 nitrogen and oxygen atoms in total. The molecule has 0 aliphatic heterocycles. The zero-order chi connectivity index (χ0) is 15.2. The minimum Gasteiger partial charge on any atom is -0.352 e. The fourth-order valence-corrected chi connectivity index (χ4v) is 2.61. The van der Waals surface area contributed by atoms with Gasteiger partial charge in [0.1, 0.15) is 11.6 Å². The first-order valence-corrected chi connectivity index (χ1v) is 7.54. The van der Waals surface area contributed by atoms with Crippen LogP contribution in [0.15, 0.2) is 18.2 Å². The Labute approximate surface area is 124 Å². The van der Waals surface area contributed by atoms with E-state index in [4.69, 9.17) is 0 Å². The lowest BCUT2D eigenvalue weighted by molar-refractivity contribution is -0.123. The number of hydrogen-bond acceptors (Lipinski definition) is 2. The Morgan fingerprint density at radius 1 is 1.29 bits per heavy atom. The van der Waals surface area contributed by atoms with E-state index in [0.717, 1.165) is 43.9 Å². The molecule has 1 amide bonds. The van der Waals surface area contributed by atoms with Crippen molar-refractivity contribution < 1.29 is 13.6 Å². The van der Waals surface area contributed by atoms with Crippen molar-refractivity contribution in [2.45, 2.75) is 57.7 Å². The van der Waals surface area contributed by atoms with Gasteiger partial charge in [0.2, 0.25) is 5.91 Å². The van der Waals surface area contributed by atoms with Gasteiger partial charge in [-0.1, -0.05) is 19.3 Å². The zero-order valence-electron chi connectivity index (χ0n) is 12.3. The molecule has 1 atom stereocenters. The average Bonchev–Trinajstić information content (AvgIpc) is 2.49. The Morgan fingerprint density at radius 3 is 2.71 bits per heavy atom. The van der Waals surface area contributed by atoms with Crippen molar-refractivity contribution in [2.75, 3.05) is 0 Å². The number of hydrogen-bond donors (Lipinski definition) is 2. The maximum atomic E-state index is 13.5. The molecule has 1 aromatic rings. The summed E-state index contributed by atoms with van der Waals surface area (Å²) in [5, 5.41) is 5.95. The third-order valence-electron chi connectivity index (χ3n) is 3.95. The summed E-state index contributed by atoms with van der Waals surface area (Å²) in [6.07, 6.45) is 5.59. The molecule has 0 spiro atoms. The van der Waals surface area contributed by atoms with E-state index >= 15 is 0 Å². The molecule has 1 fully saturated rings. The van der Waals surface area contributed by atoms with Crippen molar-refractivity contribution in [2.24, 2.45) is 0 Å². The summed E-state index contributed by atoms with van der Waals surface area (Å²) in [5.41, 5.74) is 0.229. The number of carbonyl (C=O) groups excluding carboxylic acids is 1. The molecule has 5 heteroatoms. The highest BCUT2D eigenvalue weighted by molar-refractivity contribution is 5.81. The molecule has 116 valence electrons. The highest BCUT2D eigenvalue weighted by Gasteiger charge is 2.19. The van der Waals surface area contributed by atoms with Crippen LogP contribution in [-0.2, 0) is 11.3 Å². The van der Waals surface area contributed by atoms with Gasteiger partial charge in [0, 0.05) is 18.2 Å². The Balaban J connectivity index is 1.81. The summed E-state index contributed by atoms with van der Waals surface area (Å²) in [4.78, 5) is 12.0. The lowest BCUT2D eigenvalue weighted by atomic mass is 9.95. The van der Waals surface area contributed by atoms with Crippen molar-refractivity contribution in [3.05, 3.63) is 35.4 Å². The Hall–Kier alpha value is -1.49. The molecule has 1 aromatic carbocycles. The average molecular weight is 296 g/mol. The summed E-state index contributed by atoms with van der Waals surface area (Å²) >= 11 is 0. The molecular weight excluding hydrogens is 274 g/mol. The van der Waals surface area contributed by atoms with Crippen LogP contribution in [-0.4, -0.2) is 18.0 Å². The van der Waals surface area contributed by atoms with Gasteiger partial charge in [0.15, 0.2) is 0 Å². The first-order chi connectivity index (χ1) is 10.1. The predicted molar refractivity (Wildman–Crippen MR) is 77.7 cm³/mol. The zero-order valence-corrected chi connectivity index (χ0v) is 12.3. The maximum absolute atomic E-state index is 13.5. The number of halogens is 2. The van der Waals surface area contributed by atoms with Crippen molar-refractivity contribution in [3.63, 3.8) is 0 Å². The van der Waals surface area contributed by atoms with E-state index in [1.54, 1.807) is 6.92 Å². The van der Waals surface area contributed by atoms with E-state index in [1.807, 2.05) is 0 Å². The van der Waals surface area contributed by atoms with Crippen LogP contribution in [0.1, 0.15) is 44.6 Å². The summed E-state index contributed by atoms with van der Waals surface area (Å²) < 4.78 is 26.6. The number of benzene rings is 1. The SMILES string of the molecule is CC(NCc1cc(F)ccc1F)C(=O)NC1CCCCC1. The van der Waals surface area contributed by atoms with Gasteiger partial charge in [-0.2, -0.15) is 0 Å². The van der Waals surface area contributed by atoms with Gasteiger partial charge in [-0.05, 0) is 38.0 Å². The molecule has 1 saturated carbocycles. The lowest BCUT2D eigenvalue weighted by Gasteiger charge is -2.24. The van der Waals surface area contributed by atoms with Crippen LogP contribution in [0.5, 0.6) is 0 Å². The second-order valence-electron chi connectivity index (χ2n) is 5.68. The van der Waals surface area contributed by atoms with Crippen molar-refractivity contribution >= 4 is 5.91 Å². The summed E-state index contributed by atoms with van der Waals surface area (Å²) in [6, 6.07) is 3.14. The third kappa shape index (κ3) is 4.77. The van der Waals surface area contributed by atoms with Crippen LogP contribution in [0, 0.1) is 11.6 Å². The lowest BCUT2D eigenvalue weighted by Crippen LogP contribution is -2.46. The molecule has 2 N–H and O–H groups in total.